The van der Waals surface area contributed by atoms with E-state index in [2.05, 4.69) is 5.32 Å². The minimum atomic E-state index is -0.549. The maximum atomic E-state index is 12.5. The molecule has 0 saturated heterocycles. The number of nitrogens with one attached hydrogen (secondary N) is 1. The van der Waals surface area contributed by atoms with Crippen LogP contribution in [-0.4, -0.2) is 20.1 Å². The molecular formula is C19H17NO5. The molecule has 6 nitrogen and oxygen atoms in total. The zero-order valence-electron chi connectivity index (χ0n) is 14.1. The van der Waals surface area contributed by atoms with Crippen LogP contribution in [0, 0.1) is 6.92 Å². The topological polar surface area (TPSA) is 77.8 Å². The highest BCUT2D eigenvalue weighted by atomic mass is 16.5. The van der Waals surface area contributed by atoms with E-state index in [1.54, 1.807) is 30.3 Å². The molecule has 0 aliphatic heterocycles. The largest absolute Gasteiger partial charge is 0.497 e. The highest BCUT2D eigenvalue weighted by Crippen LogP contribution is 2.29. The Labute approximate surface area is 144 Å². The molecule has 6 heteroatoms. The number of anilines is 1. The molecule has 0 bridgehead atoms. The molecular weight excluding hydrogens is 322 g/mol. The molecule has 0 radical (unpaired) electrons. The summed E-state index contributed by atoms with van der Waals surface area (Å²) in [4.78, 5) is 24.7. The van der Waals surface area contributed by atoms with E-state index in [-0.39, 0.29) is 11.2 Å². The summed E-state index contributed by atoms with van der Waals surface area (Å²) in [7, 11) is 3.02. The smallest absolute Gasteiger partial charge is 0.291 e. The fourth-order valence-corrected chi connectivity index (χ4v) is 2.47. The number of benzene rings is 2. The summed E-state index contributed by atoms with van der Waals surface area (Å²) in [5, 5.41) is 3.11. The fourth-order valence-electron chi connectivity index (χ4n) is 2.47. The summed E-state index contributed by atoms with van der Waals surface area (Å²) in [5.74, 6) is 0.403. The van der Waals surface area contributed by atoms with Crippen LogP contribution in [0.2, 0.25) is 0 Å². The van der Waals surface area contributed by atoms with Gasteiger partial charge in [-0.15, -0.1) is 0 Å². The van der Waals surface area contributed by atoms with E-state index in [9.17, 15) is 9.59 Å². The van der Waals surface area contributed by atoms with Crippen LogP contribution in [0.5, 0.6) is 11.5 Å². The Morgan fingerprint density at radius 2 is 1.84 bits per heavy atom. The highest BCUT2D eigenvalue weighted by Gasteiger charge is 2.15. The van der Waals surface area contributed by atoms with E-state index in [4.69, 9.17) is 13.9 Å². The fraction of sp³-hybridized carbons (Fsp3) is 0.158. The third-order valence-corrected chi connectivity index (χ3v) is 3.76. The van der Waals surface area contributed by atoms with Gasteiger partial charge in [-0.3, -0.25) is 9.59 Å². The first-order chi connectivity index (χ1) is 12.0. The molecule has 0 atom stereocenters. The first kappa shape index (κ1) is 16.6. The van der Waals surface area contributed by atoms with Gasteiger partial charge in [0.25, 0.3) is 5.91 Å². The summed E-state index contributed by atoms with van der Waals surface area (Å²) in [6.07, 6.45) is 0. The summed E-state index contributed by atoms with van der Waals surface area (Å²) in [6.45, 7) is 1.88. The van der Waals surface area contributed by atoms with Crippen molar-refractivity contribution in [2.75, 3.05) is 19.5 Å². The number of hydrogen-bond acceptors (Lipinski definition) is 5. The van der Waals surface area contributed by atoms with E-state index in [0.29, 0.717) is 28.2 Å². The standard InChI is InChI=1S/C19H17NO5/c1-11-4-6-13-15(21)10-18(25-17(13)8-11)19(22)20-14-9-12(23-2)5-7-16(14)24-3/h4-10H,1-3H3,(H,20,22). The lowest BCUT2D eigenvalue weighted by Crippen LogP contribution is -2.15. The molecule has 1 amide bonds. The number of carbonyl (C=O) groups is 1. The van der Waals surface area contributed by atoms with Crippen molar-refractivity contribution in [1.82, 2.24) is 0 Å². The maximum absolute atomic E-state index is 12.5. The number of amides is 1. The Morgan fingerprint density at radius 3 is 2.56 bits per heavy atom. The van der Waals surface area contributed by atoms with Crippen molar-refractivity contribution < 1.29 is 18.7 Å². The minimum absolute atomic E-state index is 0.0760. The van der Waals surface area contributed by atoms with Crippen LogP contribution in [-0.2, 0) is 0 Å². The van der Waals surface area contributed by atoms with E-state index < -0.39 is 5.91 Å². The van der Waals surface area contributed by atoms with E-state index in [1.807, 2.05) is 13.0 Å². The normalized spacial score (nSPS) is 10.5. The second-order valence-electron chi connectivity index (χ2n) is 5.49. The van der Waals surface area contributed by atoms with E-state index in [1.165, 1.54) is 20.3 Å². The van der Waals surface area contributed by atoms with Crippen molar-refractivity contribution in [3.63, 3.8) is 0 Å². The van der Waals surface area contributed by atoms with Gasteiger partial charge in [0.2, 0.25) is 0 Å². The third kappa shape index (κ3) is 3.33. The van der Waals surface area contributed by atoms with Crippen molar-refractivity contribution in [3.05, 3.63) is 64.0 Å². The first-order valence-electron chi connectivity index (χ1n) is 7.59. The van der Waals surface area contributed by atoms with Crippen LogP contribution in [0.25, 0.3) is 11.0 Å². The van der Waals surface area contributed by atoms with Crippen molar-refractivity contribution in [2.45, 2.75) is 6.92 Å². The molecule has 0 saturated carbocycles. The Morgan fingerprint density at radius 1 is 1.04 bits per heavy atom. The third-order valence-electron chi connectivity index (χ3n) is 3.76. The predicted octanol–water partition coefficient (Wildman–Crippen LogP) is 3.37. The molecule has 2 aromatic carbocycles. The van der Waals surface area contributed by atoms with Crippen molar-refractivity contribution in [3.8, 4) is 11.5 Å². The lowest BCUT2D eigenvalue weighted by molar-refractivity contribution is 0.0997. The zero-order valence-corrected chi connectivity index (χ0v) is 14.1. The SMILES string of the molecule is COc1ccc(OC)c(NC(=O)c2cc(=O)c3ccc(C)cc3o2)c1. The average Bonchev–Trinajstić information content (AvgIpc) is 2.61. The maximum Gasteiger partial charge on any atom is 0.291 e. The molecule has 128 valence electrons. The lowest BCUT2D eigenvalue weighted by Gasteiger charge is -2.11. The van der Waals surface area contributed by atoms with Gasteiger partial charge in [-0.1, -0.05) is 6.07 Å². The molecule has 1 N–H and O–H groups in total. The minimum Gasteiger partial charge on any atom is -0.497 e. The second kappa shape index (κ2) is 6.68. The first-order valence-corrected chi connectivity index (χ1v) is 7.59. The van der Waals surface area contributed by atoms with Gasteiger partial charge in [-0.2, -0.15) is 0 Å². The number of rotatable bonds is 4. The number of ether oxygens (including phenoxy) is 2. The van der Waals surface area contributed by atoms with Gasteiger partial charge in [-0.05, 0) is 36.8 Å². The quantitative estimate of drug-likeness (QED) is 0.788. The van der Waals surface area contributed by atoms with Gasteiger partial charge in [0.05, 0.1) is 25.3 Å². The molecule has 0 fully saturated rings. The molecule has 25 heavy (non-hydrogen) atoms. The van der Waals surface area contributed by atoms with Crippen molar-refractivity contribution in [2.24, 2.45) is 0 Å². The summed E-state index contributed by atoms with van der Waals surface area (Å²) >= 11 is 0. The van der Waals surface area contributed by atoms with Crippen LogP contribution in [0.4, 0.5) is 5.69 Å². The molecule has 1 heterocycles. The number of fused-ring (bicyclic) bond motifs is 1. The molecule has 3 rings (SSSR count). The monoisotopic (exact) mass is 339 g/mol. The summed E-state index contributed by atoms with van der Waals surface area (Å²) in [5.41, 5.74) is 1.45. The van der Waals surface area contributed by atoms with Gasteiger partial charge >= 0.3 is 0 Å². The van der Waals surface area contributed by atoms with E-state index in [0.717, 1.165) is 5.56 Å². The summed E-state index contributed by atoms with van der Waals surface area (Å²) < 4.78 is 16.0. The van der Waals surface area contributed by atoms with Crippen molar-refractivity contribution >= 4 is 22.6 Å². The van der Waals surface area contributed by atoms with Crippen LogP contribution < -0.4 is 20.2 Å². The molecule has 0 spiro atoms. The Hall–Kier alpha value is -3.28. The van der Waals surface area contributed by atoms with Crippen LogP contribution in [0.3, 0.4) is 0 Å². The average molecular weight is 339 g/mol. The van der Waals surface area contributed by atoms with Crippen LogP contribution in [0.1, 0.15) is 16.1 Å². The number of aryl methyl sites for hydroxylation is 1. The number of carbonyl (C=O) groups excluding carboxylic acids is 1. The summed E-state index contributed by atoms with van der Waals surface area (Å²) in [6, 6.07) is 11.4. The highest BCUT2D eigenvalue weighted by molar-refractivity contribution is 6.03. The van der Waals surface area contributed by atoms with Crippen LogP contribution >= 0.6 is 0 Å². The Balaban J connectivity index is 1.99. The predicted molar refractivity (Wildman–Crippen MR) is 94.7 cm³/mol. The molecule has 3 aromatic rings. The Kier molecular flexibility index (Phi) is 4.43. The van der Waals surface area contributed by atoms with Crippen molar-refractivity contribution in [1.29, 1.82) is 0 Å². The lowest BCUT2D eigenvalue weighted by atomic mass is 10.1. The van der Waals surface area contributed by atoms with Gasteiger partial charge in [0.1, 0.15) is 17.1 Å². The van der Waals surface area contributed by atoms with Gasteiger partial charge < -0.3 is 19.2 Å². The van der Waals surface area contributed by atoms with E-state index >= 15 is 0 Å². The molecule has 0 aliphatic carbocycles. The zero-order chi connectivity index (χ0) is 18.0. The van der Waals surface area contributed by atoms with Gasteiger partial charge in [0.15, 0.2) is 11.2 Å². The number of methoxy groups -OCH3 is 2. The molecule has 1 aromatic heterocycles. The number of hydrogen-bond donors (Lipinski definition) is 1. The Bertz CT molecular complexity index is 1010. The second-order valence-corrected chi connectivity index (χ2v) is 5.49. The molecule has 0 aliphatic rings. The van der Waals surface area contributed by atoms with Gasteiger partial charge in [0, 0.05) is 12.1 Å². The molecule has 0 unspecified atom stereocenters. The van der Waals surface area contributed by atoms with Gasteiger partial charge in [-0.25, -0.2) is 0 Å². The van der Waals surface area contributed by atoms with Crippen LogP contribution in [0.15, 0.2) is 51.7 Å².